The van der Waals surface area contributed by atoms with Gasteiger partial charge < -0.3 is 20.6 Å². The zero-order chi connectivity index (χ0) is 14.8. The second kappa shape index (κ2) is 9.58. The summed E-state index contributed by atoms with van der Waals surface area (Å²) < 4.78 is 0. The zero-order valence-corrected chi connectivity index (χ0v) is 12.4. The molecule has 1 saturated heterocycles. The molecule has 1 unspecified atom stereocenters. The maximum absolute atomic E-state index is 11.5. The maximum Gasteiger partial charge on any atom is 0.314 e. The number of amides is 2. The Bertz CT molecular complexity index is 304. The molecule has 2 amide bonds. The number of piperidine rings is 1. The lowest BCUT2D eigenvalue weighted by Crippen LogP contribution is -2.41. The SMILES string of the molecule is CC(CCCNC(=O)NCCN1CCCCC1)C(=O)O. The van der Waals surface area contributed by atoms with Gasteiger partial charge >= 0.3 is 12.0 Å². The van der Waals surface area contributed by atoms with E-state index in [0.29, 0.717) is 25.9 Å². The van der Waals surface area contributed by atoms with Crippen molar-refractivity contribution in [2.45, 2.75) is 39.0 Å². The van der Waals surface area contributed by atoms with E-state index >= 15 is 0 Å². The Kier molecular flexibility index (Phi) is 8.02. The van der Waals surface area contributed by atoms with E-state index in [1.54, 1.807) is 6.92 Å². The molecule has 116 valence electrons. The highest BCUT2D eigenvalue weighted by atomic mass is 16.4. The van der Waals surface area contributed by atoms with Crippen LogP contribution in [0.5, 0.6) is 0 Å². The first-order valence-electron chi connectivity index (χ1n) is 7.56. The average Bonchev–Trinajstić information content (AvgIpc) is 2.44. The van der Waals surface area contributed by atoms with Crippen LogP contribution in [-0.2, 0) is 4.79 Å². The third-order valence-electron chi connectivity index (χ3n) is 3.68. The molecule has 0 aromatic rings. The fourth-order valence-electron chi connectivity index (χ4n) is 2.31. The van der Waals surface area contributed by atoms with Crippen molar-refractivity contribution in [3.05, 3.63) is 0 Å². The van der Waals surface area contributed by atoms with Crippen molar-refractivity contribution in [1.29, 1.82) is 0 Å². The monoisotopic (exact) mass is 285 g/mol. The van der Waals surface area contributed by atoms with Gasteiger partial charge in [-0.25, -0.2) is 4.79 Å². The van der Waals surface area contributed by atoms with Crippen LogP contribution >= 0.6 is 0 Å². The molecule has 20 heavy (non-hydrogen) atoms. The molecule has 6 heteroatoms. The fourth-order valence-corrected chi connectivity index (χ4v) is 2.31. The van der Waals surface area contributed by atoms with Gasteiger partial charge in [-0.2, -0.15) is 0 Å². The first-order valence-corrected chi connectivity index (χ1v) is 7.56. The number of aliphatic carboxylic acids is 1. The Labute approximate surface area is 120 Å². The van der Waals surface area contributed by atoms with Crippen LogP contribution in [0.15, 0.2) is 0 Å². The van der Waals surface area contributed by atoms with E-state index in [2.05, 4.69) is 15.5 Å². The highest BCUT2D eigenvalue weighted by Gasteiger charge is 2.11. The van der Waals surface area contributed by atoms with Gasteiger partial charge in [-0.05, 0) is 38.8 Å². The van der Waals surface area contributed by atoms with Crippen LogP contribution in [0.3, 0.4) is 0 Å². The van der Waals surface area contributed by atoms with Crippen LogP contribution in [0.2, 0.25) is 0 Å². The van der Waals surface area contributed by atoms with Crippen LogP contribution in [0.1, 0.15) is 39.0 Å². The van der Waals surface area contributed by atoms with Crippen molar-refractivity contribution >= 4 is 12.0 Å². The molecule has 0 bridgehead atoms. The van der Waals surface area contributed by atoms with Crippen LogP contribution in [0, 0.1) is 5.92 Å². The second-order valence-electron chi connectivity index (χ2n) is 5.47. The molecule has 1 aliphatic heterocycles. The number of nitrogens with one attached hydrogen (secondary N) is 2. The van der Waals surface area contributed by atoms with Crippen molar-refractivity contribution in [1.82, 2.24) is 15.5 Å². The summed E-state index contributed by atoms with van der Waals surface area (Å²) in [4.78, 5) is 24.5. The molecule has 1 aliphatic rings. The number of carboxylic acid groups (broad SMARTS) is 1. The van der Waals surface area contributed by atoms with E-state index in [4.69, 9.17) is 5.11 Å². The van der Waals surface area contributed by atoms with Gasteiger partial charge in [-0.1, -0.05) is 13.3 Å². The summed E-state index contributed by atoms with van der Waals surface area (Å²) in [6.45, 7) is 6.04. The summed E-state index contributed by atoms with van der Waals surface area (Å²) in [6.07, 6.45) is 5.11. The summed E-state index contributed by atoms with van der Waals surface area (Å²) in [6, 6.07) is -0.162. The van der Waals surface area contributed by atoms with Crippen LogP contribution in [-0.4, -0.2) is 54.7 Å². The number of hydrogen-bond acceptors (Lipinski definition) is 3. The van der Waals surface area contributed by atoms with Gasteiger partial charge in [0, 0.05) is 19.6 Å². The molecular formula is C14H27N3O3. The van der Waals surface area contributed by atoms with Gasteiger partial charge in [-0.3, -0.25) is 4.79 Å². The van der Waals surface area contributed by atoms with Gasteiger partial charge in [0.1, 0.15) is 0 Å². The number of rotatable bonds is 8. The topological polar surface area (TPSA) is 81.7 Å². The predicted octanol–water partition coefficient (Wildman–Crippen LogP) is 1.27. The second-order valence-corrected chi connectivity index (χ2v) is 5.47. The summed E-state index contributed by atoms with van der Waals surface area (Å²) in [5.41, 5.74) is 0. The zero-order valence-electron chi connectivity index (χ0n) is 12.4. The molecule has 0 aliphatic carbocycles. The molecule has 6 nitrogen and oxygen atoms in total. The van der Waals surface area contributed by atoms with E-state index in [1.807, 2.05) is 0 Å². The third kappa shape index (κ3) is 7.33. The van der Waals surface area contributed by atoms with E-state index in [9.17, 15) is 9.59 Å². The largest absolute Gasteiger partial charge is 0.481 e. The Morgan fingerprint density at radius 2 is 1.80 bits per heavy atom. The number of carboxylic acids is 1. The normalized spacial score (nSPS) is 17.4. The number of hydrogen-bond donors (Lipinski definition) is 3. The lowest BCUT2D eigenvalue weighted by atomic mass is 10.1. The quantitative estimate of drug-likeness (QED) is 0.587. The first-order chi connectivity index (χ1) is 9.59. The minimum absolute atomic E-state index is 0.162. The maximum atomic E-state index is 11.5. The summed E-state index contributed by atoms with van der Waals surface area (Å²) in [7, 11) is 0. The molecule has 1 fully saturated rings. The fraction of sp³-hybridized carbons (Fsp3) is 0.857. The lowest BCUT2D eigenvalue weighted by molar-refractivity contribution is -0.141. The summed E-state index contributed by atoms with van der Waals surface area (Å²) in [5.74, 6) is -1.13. The standard InChI is InChI=1S/C14H27N3O3/c1-12(13(18)19)6-5-7-15-14(20)16-8-11-17-9-3-2-4-10-17/h12H,2-11H2,1H3,(H,18,19)(H2,15,16,20). The van der Waals surface area contributed by atoms with E-state index < -0.39 is 5.97 Å². The van der Waals surface area contributed by atoms with Gasteiger partial charge in [0.2, 0.25) is 0 Å². The summed E-state index contributed by atoms with van der Waals surface area (Å²) >= 11 is 0. The van der Waals surface area contributed by atoms with Crippen LogP contribution in [0.25, 0.3) is 0 Å². The average molecular weight is 285 g/mol. The van der Waals surface area contributed by atoms with Crippen LogP contribution in [0.4, 0.5) is 4.79 Å². The smallest absolute Gasteiger partial charge is 0.314 e. The molecule has 0 spiro atoms. The molecule has 0 radical (unpaired) electrons. The number of carbonyl (C=O) groups excluding carboxylic acids is 1. The Morgan fingerprint density at radius 1 is 1.15 bits per heavy atom. The predicted molar refractivity (Wildman–Crippen MR) is 77.7 cm³/mol. The third-order valence-corrected chi connectivity index (χ3v) is 3.68. The Morgan fingerprint density at radius 3 is 2.45 bits per heavy atom. The highest BCUT2D eigenvalue weighted by molar-refractivity contribution is 5.73. The van der Waals surface area contributed by atoms with Crippen molar-refractivity contribution in [3.8, 4) is 0 Å². The van der Waals surface area contributed by atoms with Crippen molar-refractivity contribution in [2.75, 3.05) is 32.7 Å². The molecule has 1 heterocycles. The Hall–Kier alpha value is -1.30. The van der Waals surface area contributed by atoms with E-state index in [1.165, 1.54) is 19.3 Å². The lowest BCUT2D eigenvalue weighted by Gasteiger charge is -2.26. The van der Waals surface area contributed by atoms with Crippen molar-refractivity contribution in [3.63, 3.8) is 0 Å². The number of carbonyl (C=O) groups is 2. The van der Waals surface area contributed by atoms with E-state index in [-0.39, 0.29) is 11.9 Å². The van der Waals surface area contributed by atoms with Gasteiger partial charge in [0.15, 0.2) is 0 Å². The molecule has 1 rings (SSSR count). The minimum Gasteiger partial charge on any atom is -0.481 e. The van der Waals surface area contributed by atoms with Crippen molar-refractivity contribution < 1.29 is 14.7 Å². The molecular weight excluding hydrogens is 258 g/mol. The number of nitrogens with zero attached hydrogens (tertiary/aromatic N) is 1. The molecule has 1 atom stereocenters. The molecule has 0 saturated carbocycles. The highest BCUT2D eigenvalue weighted by Crippen LogP contribution is 2.07. The Balaban J connectivity index is 1.96. The summed E-state index contributed by atoms with van der Waals surface area (Å²) in [5, 5.41) is 14.3. The molecule has 0 aromatic heterocycles. The van der Waals surface area contributed by atoms with Crippen molar-refractivity contribution in [2.24, 2.45) is 5.92 Å². The van der Waals surface area contributed by atoms with Gasteiger partial charge in [-0.15, -0.1) is 0 Å². The minimum atomic E-state index is -0.781. The van der Waals surface area contributed by atoms with Gasteiger partial charge in [0.25, 0.3) is 0 Å². The van der Waals surface area contributed by atoms with E-state index in [0.717, 1.165) is 19.6 Å². The number of urea groups is 1. The molecule has 3 N–H and O–H groups in total. The van der Waals surface area contributed by atoms with Crippen LogP contribution < -0.4 is 10.6 Å². The first kappa shape index (κ1) is 16.8. The number of likely N-dealkylation sites (tertiary alicyclic amines) is 1. The molecule has 0 aromatic carbocycles. The van der Waals surface area contributed by atoms with Gasteiger partial charge in [0.05, 0.1) is 5.92 Å².